The number of anilines is 2. The van der Waals surface area contributed by atoms with E-state index in [0.29, 0.717) is 28.3 Å². The van der Waals surface area contributed by atoms with Crippen LogP contribution in [0.3, 0.4) is 0 Å². The summed E-state index contributed by atoms with van der Waals surface area (Å²) in [5.74, 6) is 0.176. The summed E-state index contributed by atoms with van der Waals surface area (Å²) in [6, 6.07) is 10.5. The largest absolute Gasteiger partial charge is 0.396 e. The highest BCUT2D eigenvalue weighted by atomic mass is 19.1. The fourth-order valence-electron chi connectivity index (χ4n) is 2.49. The van der Waals surface area contributed by atoms with Crippen molar-refractivity contribution in [3.63, 3.8) is 0 Å². The number of pyridine rings is 2. The molecule has 128 valence electrons. The molecule has 0 bridgehead atoms. The van der Waals surface area contributed by atoms with Gasteiger partial charge in [0, 0.05) is 36.8 Å². The van der Waals surface area contributed by atoms with E-state index in [0.717, 1.165) is 11.1 Å². The second-order valence-corrected chi connectivity index (χ2v) is 5.55. The maximum atomic E-state index is 14.3. The Morgan fingerprint density at radius 1 is 1.28 bits per heavy atom. The van der Waals surface area contributed by atoms with Crippen LogP contribution in [0.1, 0.15) is 18.2 Å². The summed E-state index contributed by atoms with van der Waals surface area (Å²) in [4.78, 5) is 8.61. The first-order valence-corrected chi connectivity index (χ1v) is 7.83. The average molecular weight is 338 g/mol. The Bertz CT molecular complexity index is 938. The van der Waals surface area contributed by atoms with Gasteiger partial charge in [-0.1, -0.05) is 6.07 Å². The number of hydrogen-bond acceptors (Lipinski definition) is 6. The molecule has 3 rings (SSSR count). The molecule has 2 heterocycles. The SMILES string of the molecule is CN/N=C(\C)c1ccc(N)c(NCc2cc3cccnc3cc2F)n1. The van der Waals surface area contributed by atoms with Gasteiger partial charge >= 0.3 is 0 Å². The summed E-state index contributed by atoms with van der Waals surface area (Å²) in [5.41, 5.74) is 11.8. The van der Waals surface area contributed by atoms with Crippen molar-refractivity contribution in [2.24, 2.45) is 5.10 Å². The molecule has 6 nitrogen and oxygen atoms in total. The van der Waals surface area contributed by atoms with Crippen LogP contribution in [-0.4, -0.2) is 22.7 Å². The predicted octanol–water partition coefficient (Wildman–Crippen LogP) is 2.91. The number of aromatic nitrogens is 2. The van der Waals surface area contributed by atoms with Gasteiger partial charge in [0.25, 0.3) is 0 Å². The first-order chi connectivity index (χ1) is 12.1. The van der Waals surface area contributed by atoms with Crippen LogP contribution >= 0.6 is 0 Å². The first kappa shape index (κ1) is 16.6. The fraction of sp³-hybridized carbons (Fsp3) is 0.167. The third-order valence-electron chi connectivity index (χ3n) is 3.79. The van der Waals surface area contributed by atoms with Gasteiger partial charge < -0.3 is 16.5 Å². The Balaban J connectivity index is 1.85. The summed E-state index contributed by atoms with van der Waals surface area (Å²) in [7, 11) is 1.72. The van der Waals surface area contributed by atoms with Gasteiger partial charge in [-0.15, -0.1) is 0 Å². The molecule has 0 saturated heterocycles. The molecule has 7 heteroatoms. The highest BCUT2D eigenvalue weighted by Gasteiger charge is 2.09. The summed E-state index contributed by atoms with van der Waals surface area (Å²) in [6.45, 7) is 2.11. The second-order valence-electron chi connectivity index (χ2n) is 5.55. The van der Waals surface area contributed by atoms with Crippen molar-refractivity contribution < 1.29 is 4.39 Å². The monoisotopic (exact) mass is 338 g/mol. The number of nitrogens with one attached hydrogen (secondary N) is 2. The lowest BCUT2D eigenvalue weighted by Gasteiger charge is -2.11. The molecule has 4 N–H and O–H groups in total. The maximum absolute atomic E-state index is 14.3. The zero-order valence-electron chi connectivity index (χ0n) is 14.0. The van der Waals surface area contributed by atoms with Crippen molar-refractivity contribution in [1.82, 2.24) is 15.4 Å². The van der Waals surface area contributed by atoms with Crippen LogP contribution in [0.15, 0.2) is 47.7 Å². The van der Waals surface area contributed by atoms with E-state index in [-0.39, 0.29) is 12.4 Å². The van der Waals surface area contributed by atoms with E-state index in [2.05, 4.69) is 25.8 Å². The van der Waals surface area contributed by atoms with E-state index in [1.165, 1.54) is 6.07 Å². The van der Waals surface area contributed by atoms with Crippen LogP contribution in [-0.2, 0) is 6.54 Å². The molecular weight excluding hydrogens is 319 g/mol. The van der Waals surface area contributed by atoms with E-state index < -0.39 is 0 Å². The molecule has 0 radical (unpaired) electrons. The number of benzene rings is 1. The van der Waals surface area contributed by atoms with E-state index >= 15 is 0 Å². The van der Waals surface area contributed by atoms with Crippen molar-refractivity contribution in [1.29, 1.82) is 0 Å². The number of hydrazone groups is 1. The smallest absolute Gasteiger partial charge is 0.150 e. The number of fused-ring (bicyclic) bond motifs is 1. The maximum Gasteiger partial charge on any atom is 0.150 e. The van der Waals surface area contributed by atoms with Crippen LogP contribution in [0.2, 0.25) is 0 Å². The van der Waals surface area contributed by atoms with E-state index in [1.807, 2.05) is 19.1 Å². The topological polar surface area (TPSA) is 88.2 Å². The lowest BCUT2D eigenvalue weighted by molar-refractivity contribution is 0.614. The van der Waals surface area contributed by atoms with E-state index in [9.17, 15) is 4.39 Å². The van der Waals surface area contributed by atoms with Gasteiger partial charge in [-0.3, -0.25) is 4.98 Å². The molecule has 0 aliphatic carbocycles. The molecule has 0 aliphatic rings. The molecule has 1 aromatic carbocycles. The van der Waals surface area contributed by atoms with Gasteiger partial charge in [-0.25, -0.2) is 9.37 Å². The van der Waals surface area contributed by atoms with Crippen molar-refractivity contribution in [2.75, 3.05) is 18.1 Å². The minimum atomic E-state index is -0.318. The van der Waals surface area contributed by atoms with Crippen LogP contribution < -0.4 is 16.5 Å². The Labute approximate surface area is 145 Å². The average Bonchev–Trinajstić information content (AvgIpc) is 2.61. The molecule has 0 aliphatic heterocycles. The molecule has 0 fully saturated rings. The molecule has 25 heavy (non-hydrogen) atoms. The van der Waals surface area contributed by atoms with Gasteiger partial charge in [0.15, 0.2) is 0 Å². The quantitative estimate of drug-likeness (QED) is 0.492. The molecule has 0 saturated carbocycles. The minimum absolute atomic E-state index is 0.263. The van der Waals surface area contributed by atoms with Crippen molar-refractivity contribution in [3.8, 4) is 0 Å². The van der Waals surface area contributed by atoms with E-state index in [1.54, 1.807) is 31.4 Å². The lowest BCUT2D eigenvalue weighted by Crippen LogP contribution is -2.10. The number of nitrogens with zero attached hydrogens (tertiary/aromatic N) is 3. The number of nitrogen functional groups attached to an aromatic ring is 1. The van der Waals surface area contributed by atoms with E-state index in [4.69, 9.17) is 5.73 Å². The summed E-state index contributed by atoms with van der Waals surface area (Å²) < 4.78 is 14.3. The normalized spacial score (nSPS) is 11.6. The van der Waals surface area contributed by atoms with Crippen LogP contribution in [0.5, 0.6) is 0 Å². The predicted molar refractivity (Wildman–Crippen MR) is 98.9 cm³/mol. The third-order valence-corrected chi connectivity index (χ3v) is 3.79. The minimum Gasteiger partial charge on any atom is -0.396 e. The second kappa shape index (κ2) is 7.12. The third kappa shape index (κ3) is 3.65. The lowest BCUT2D eigenvalue weighted by atomic mass is 10.1. The van der Waals surface area contributed by atoms with Crippen LogP contribution in [0, 0.1) is 5.82 Å². The Morgan fingerprint density at radius 3 is 2.92 bits per heavy atom. The number of rotatable bonds is 5. The van der Waals surface area contributed by atoms with Crippen LogP contribution in [0.4, 0.5) is 15.9 Å². The molecule has 2 aromatic heterocycles. The molecule has 0 amide bonds. The Hall–Kier alpha value is -3.22. The summed E-state index contributed by atoms with van der Waals surface area (Å²) in [5, 5.41) is 8.08. The summed E-state index contributed by atoms with van der Waals surface area (Å²) >= 11 is 0. The van der Waals surface area contributed by atoms with Crippen molar-refractivity contribution >= 4 is 28.1 Å². The Morgan fingerprint density at radius 2 is 2.12 bits per heavy atom. The van der Waals surface area contributed by atoms with Gasteiger partial charge in [0.05, 0.1) is 22.6 Å². The molecular formula is C18H19FN6. The molecule has 0 spiro atoms. The molecule has 0 atom stereocenters. The number of hydrogen-bond donors (Lipinski definition) is 3. The Kier molecular flexibility index (Phi) is 4.74. The fourth-order valence-corrected chi connectivity index (χ4v) is 2.49. The first-order valence-electron chi connectivity index (χ1n) is 7.83. The zero-order chi connectivity index (χ0) is 17.8. The molecule has 3 aromatic rings. The van der Waals surface area contributed by atoms with Gasteiger partial charge in [-0.2, -0.15) is 5.10 Å². The molecule has 0 unspecified atom stereocenters. The van der Waals surface area contributed by atoms with Crippen LogP contribution in [0.25, 0.3) is 10.9 Å². The van der Waals surface area contributed by atoms with Gasteiger partial charge in [-0.05, 0) is 31.2 Å². The highest BCUT2D eigenvalue weighted by molar-refractivity contribution is 5.97. The summed E-state index contributed by atoms with van der Waals surface area (Å²) in [6.07, 6.45) is 1.64. The standard InChI is InChI=1S/C18H19FN6/c1-11(25-21-2)16-6-5-15(20)18(24-16)23-10-13-8-12-4-3-7-22-17(12)9-14(13)19/h3-9,21H,10,20H2,1-2H3,(H,23,24)/b25-11+. The number of nitrogens with two attached hydrogens (primary N) is 1. The van der Waals surface area contributed by atoms with Gasteiger partial charge in [0.1, 0.15) is 11.6 Å². The van der Waals surface area contributed by atoms with Crippen molar-refractivity contribution in [3.05, 3.63) is 59.7 Å². The van der Waals surface area contributed by atoms with Crippen molar-refractivity contribution in [2.45, 2.75) is 13.5 Å². The number of halogens is 1. The highest BCUT2D eigenvalue weighted by Crippen LogP contribution is 2.21. The zero-order valence-corrected chi connectivity index (χ0v) is 14.0. The van der Waals surface area contributed by atoms with Gasteiger partial charge in [0.2, 0.25) is 0 Å².